The number of halogens is 6. The van der Waals surface area contributed by atoms with E-state index in [4.69, 9.17) is 0 Å². The summed E-state index contributed by atoms with van der Waals surface area (Å²) in [5.74, 6) is 0.469. The highest BCUT2D eigenvalue weighted by atomic mass is 19.4. The molecule has 0 fully saturated rings. The average Bonchev–Trinajstić information content (AvgIpc) is 3.43. The summed E-state index contributed by atoms with van der Waals surface area (Å²) in [7, 11) is 0. The van der Waals surface area contributed by atoms with Gasteiger partial charge in [0.1, 0.15) is 11.4 Å². The molecule has 0 aliphatic rings. The molecule has 0 saturated carbocycles. The summed E-state index contributed by atoms with van der Waals surface area (Å²) in [6.07, 6.45) is -3.70. The van der Waals surface area contributed by atoms with Gasteiger partial charge in [0.25, 0.3) is 0 Å². The number of pyridine rings is 1. The van der Waals surface area contributed by atoms with Gasteiger partial charge < -0.3 is 20.4 Å². The van der Waals surface area contributed by atoms with Crippen LogP contribution in [0.25, 0.3) is 22.8 Å². The molecule has 1 unspecified atom stereocenters. The summed E-state index contributed by atoms with van der Waals surface area (Å²) in [4.78, 5) is 4.22. The molecule has 3 aromatic rings. The fourth-order valence-electron chi connectivity index (χ4n) is 3.53. The average molecular weight is 471 g/mol. The van der Waals surface area contributed by atoms with E-state index in [0.717, 1.165) is 49.8 Å². The number of rotatable bonds is 9. The van der Waals surface area contributed by atoms with Crippen LogP contribution in [0, 0.1) is 5.92 Å². The molecular formula is C22H23F6N5-2. The molecule has 3 rings (SSSR count). The Morgan fingerprint density at radius 3 is 1.70 bits per heavy atom. The number of hydrogen-bond acceptors (Lipinski definition) is 3. The molecule has 0 aliphatic carbocycles. The zero-order chi connectivity index (χ0) is 24.2. The third kappa shape index (κ3) is 6.35. The maximum atomic E-state index is 13.0. The Morgan fingerprint density at radius 2 is 1.30 bits per heavy atom. The van der Waals surface area contributed by atoms with Crippen molar-refractivity contribution in [1.82, 2.24) is 25.4 Å². The molecule has 33 heavy (non-hydrogen) atoms. The maximum Gasteiger partial charge on any atom is 0.431 e. The van der Waals surface area contributed by atoms with Crippen LogP contribution in [0.3, 0.4) is 0 Å². The molecule has 11 heteroatoms. The molecule has 180 valence electrons. The van der Waals surface area contributed by atoms with Crippen molar-refractivity contribution in [2.45, 2.75) is 64.7 Å². The predicted octanol–water partition coefficient (Wildman–Crippen LogP) is 6.31. The van der Waals surface area contributed by atoms with Crippen LogP contribution in [0.2, 0.25) is 0 Å². The SMILES string of the molecule is CCCCC(CC)CCc1cc(-c2cc(C(F)(F)F)n[n-]2)nc(-c2cc(C(F)(F)F)n[n-]2)c1. The van der Waals surface area contributed by atoms with Crippen molar-refractivity contribution in [3.8, 4) is 22.8 Å². The summed E-state index contributed by atoms with van der Waals surface area (Å²) >= 11 is 0. The second kappa shape index (κ2) is 9.96. The van der Waals surface area contributed by atoms with Gasteiger partial charge in [0, 0.05) is 0 Å². The Hall–Kier alpha value is -2.85. The van der Waals surface area contributed by atoms with E-state index in [9.17, 15) is 26.3 Å². The number of alkyl halides is 6. The predicted molar refractivity (Wildman–Crippen MR) is 109 cm³/mol. The van der Waals surface area contributed by atoms with Gasteiger partial charge in [-0.15, -0.1) is 0 Å². The van der Waals surface area contributed by atoms with Crippen LogP contribution in [-0.4, -0.2) is 15.2 Å². The number of aryl methyl sites for hydroxylation is 1. The van der Waals surface area contributed by atoms with Gasteiger partial charge in [0.05, 0.1) is 11.4 Å². The fraction of sp³-hybridized carbons (Fsp3) is 0.500. The summed E-state index contributed by atoms with van der Waals surface area (Å²) in [5.41, 5.74) is -1.66. The van der Waals surface area contributed by atoms with Crippen molar-refractivity contribution >= 4 is 0 Å². The molecule has 0 radical (unpaired) electrons. The molecule has 0 spiro atoms. The molecule has 0 bridgehead atoms. The zero-order valence-corrected chi connectivity index (χ0v) is 18.1. The van der Waals surface area contributed by atoms with Crippen molar-refractivity contribution in [3.05, 3.63) is 41.2 Å². The molecule has 0 aromatic carbocycles. The summed E-state index contributed by atoms with van der Waals surface area (Å²) in [6, 6.07) is 4.73. The van der Waals surface area contributed by atoms with Crippen LogP contribution in [0.1, 0.15) is 62.9 Å². The zero-order valence-electron chi connectivity index (χ0n) is 18.1. The van der Waals surface area contributed by atoms with Crippen LogP contribution < -0.4 is 10.2 Å². The largest absolute Gasteiger partial charge is 0.573 e. The van der Waals surface area contributed by atoms with E-state index in [2.05, 4.69) is 39.2 Å². The summed E-state index contributed by atoms with van der Waals surface area (Å²) in [6.45, 7) is 4.21. The quantitative estimate of drug-likeness (QED) is 0.342. The minimum absolute atomic E-state index is 0.0867. The van der Waals surface area contributed by atoms with Crippen LogP contribution in [-0.2, 0) is 18.8 Å². The Balaban J connectivity index is 1.97. The minimum atomic E-state index is -4.67. The monoisotopic (exact) mass is 471 g/mol. The Morgan fingerprint density at radius 1 is 0.788 bits per heavy atom. The number of hydrogen-bond donors (Lipinski definition) is 0. The van der Waals surface area contributed by atoms with E-state index in [0.29, 0.717) is 12.3 Å². The van der Waals surface area contributed by atoms with Gasteiger partial charge in [-0.2, -0.15) is 26.3 Å². The smallest absolute Gasteiger partial charge is 0.431 e. The second-order valence-electron chi connectivity index (χ2n) is 7.93. The molecule has 1 atom stereocenters. The van der Waals surface area contributed by atoms with Gasteiger partial charge in [-0.25, -0.2) is 0 Å². The summed E-state index contributed by atoms with van der Waals surface area (Å²) < 4.78 is 77.7. The van der Waals surface area contributed by atoms with Gasteiger partial charge in [0.2, 0.25) is 0 Å². The molecule has 3 heterocycles. The van der Waals surface area contributed by atoms with Gasteiger partial charge in [0.15, 0.2) is 0 Å². The highest BCUT2D eigenvalue weighted by Crippen LogP contribution is 2.33. The van der Waals surface area contributed by atoms with E-state index in [1.165, 1.54) is 0 Å². The first kappa shape index (κ1) is 24.8. The van der Waals surface area contributed by atoms with Gasteiger partial charge in [-0.05, 0) is 48.6 Å². The maximum absolute atomic E-state index is 13.0. The van der Waals surface area contributed by atoms with Crippen molar-refractivity contribution in [3.63, 3.8) is 0 Å². The Bertz CT molecular complexity index is 980. The molecular weight excluding hydrogens is 448 g/mol. The number of unbranched alkanes of at least 4 members (excludes halogenated alkanes) is 1. The van der Waals surface area contributed by atoms with Crippen molar-refractivity contribution in [2.24, 2.45) is 5.92 Å². The first-order valence-corrected chi connectivity index (χ1v) is 10.7. The normalized spacial score (nSPS) is 13.5. The van der Waals surface area contributed by atoms with Crippen molar-refractivity contribution < 1.29 is 26.3 Å². The highest BCUT2D eigenvalue weighted by Gasteiger charge is 2.32. The van der Waals surface area contributed by atoms with Gasteiger partial charge in [-0.3, -0.25) is 4.98 Å². The van der Waals surface area contributed by atoms with E-state index < -0.39 is 23.7 Å². The van der Waals surface area contributed by atoms with E-state index >= 15 is 0 Å². The number of nitrogens with zero attached hydrogens (tertiary/aromatic N) is 5. The third-order valence-electron chi connectivity index (χ3n) is 5.45. The second-order valence-corrected chi connectivity index (χ2v) is 7.93. The van der Waals surface area contributed by atoms with Crippen molar-refractivity contribution in [2.75, 3.05) is 0 Å². The van der Waals surface area contributed by atoms with E-state index in [1.54, 1.807) is 12.1 Å². The highest BCUT2D eigenvalue weighted by molar-refractivity contribution is 5.63. The van der Waals surface area contributed by atoms with Crippen LogP contribution in [0.5, 0.6) is 0 Å². The van der Waals surface area contributed by atoms with Crippen molar-refractivity contribution in [1.29, 1.82) is 0 Å². The van der Waals surface area contributed by atoms with E-state index in [1.807, 2.05) is 0 Å². The lowest BCUT2D eigenvalue weighted by Gasteiger charge is -2.16. The van der Waals surface area contributed by atoms with Crippen LogP contribution in [0.4, 0.5) is 26.3 Å². The molecule has 0 aliphatic heterocycles. The first-order valence-electron chi connectivity index (χ1n) is 10.7. The fourth-order valence-corrected chi connectivity index (χ4v) is 3.53. The first-order chi connectivity index (χ1) is 15.5. The molecule has 0 amide bonds. The van der Waals surface area contributed by atoms with Gasteiger partial charge in [-0.1, -0.05) is 50.9 Å². The molecule has 0 saturated heterocycles. The summed E-state index contributed by atoms with van der Waals surface area (Å²) in [5, 5.41) is 13.5. The Kier molecular flexibility index (Phi) is 7.48. The standard InChI is InChI=1S/C22H23F6N5/c1-3-5-6-13(4-2)7-8-14-9-15(17-11-19(32-30-17)21(23,24)25)29-16(10-14)18-12-20(33-31-18)22(26,27)28/h9-13H,3-8H2,1-2H3/q-2. The minimum Gasteiger partial charge on any atom is -0.573 e. The topological polar surface area (TPSA) is 66.9 Å². The molecule has 5 nitrogen and oxygen atoms in total. The lowest BCUT2D eigenvalue weighted by molar-refractivity contribution is -0.142. The van der Waals surface area contributed by atoms with Gasteiger partial charge >= 0.3 is 12.4 Å². The third-order valence-corrected chi connectivity index (χ3v) is 5.45. The lowest BCUT2D eigenvalue weighted by Crippen LogP contribution is -2.05. The molecule has 0 N–H and O–H groups in total. The lowest BCUT2D eigenvalue weighted by atomic mass is 9.92. The van der Waals surface area contributed by atoms with E-state index in [-0.39, 0.29) is 22.8 Å². The van der Waals surface area contributed by atoms with Crippen LogP contribution in [0.15, 0.2) is 24.3 Å². The van der Waals surface area contributed by atoms with Crippen LogP contribution >= 0.6 is 0 Å². The molecule has 3 aromatic heterocycles. The number of aromatic nitrogens is 5. The Labute approximate surface area is 187 Å².